The van der Waals surface area contributed by atoms with E-state index in [9.17, 15) is 13.2 Å². The van der Waals surface area contributed by atoms with Crippen molar-refractivity contribution < 1.29 is 13.2 Å². The zero-order chi connectivity index (χ0) is 17.2. The molecule has 0 spiro atoms. The molecule has 0 aliphatic carbocycles. The maximum Gasteiger partial charge on any atom is 0.244 e. The number of aromatic nitrogens is 2. The molecule has 2 rings (SSSR count). The first-order valence-corrected chi connectivity index (χ1v) is 8.64. The van der Waals surface area contributed by atoms with E-state index in [4.69, 9.17) is 11.6 Å². The van der Waals surface area contributed by atoms with Crippen LogP contribution < -0.4 is 10.0 Å². The van der Waals surface area contributed by atoms with E-state index in [1.54, 1.807) is 39.0 Å². The van der Waals surface area contributed by atoms with Crippen LogP contribution in [0.5, 0.6) is 0 Å². The first kappa shape index (κ1) is 17.5. The van der Waals surface area contributed by atoms with Crippen molar-refractivity contribution in [3.8, 4) is 0 Å². The van der Waals surface area contributed by atoms with Crippen LogP contribution in [-0.2, 0) is 14.8 Å². The van der Waals surface area contributed by atoms with E-state index >= 15 is 0 Å². The number of H-pyrrole nitrogens is 1. The molecule has 1 amide bonds. The number of anilines is 1. The summed E-state index contributed by atoms with van der Waals surface area (Å²) < 4.78 is 26.7. The summed E-state index contributed by atoms with van der Waals surface area (Å²) in [5, 5.41) is 9.58. The Kier molecular flexibility index (Phi) is 5.08. The number of carbonyl (C=O) groups excluding carboxylic acids is 1. The predicted molar refractivity (Wildman–Crippen MR) is 88.1 cm³/mol. The van der Waals surface area contributed by atoms with Gasteiger partial charge in [0.15, 0.2) is 0 Å². The standard InChI is InChI=1S/C14H17ClN4O3S/c1-8-11(15)5-4-6-12(8)17-13(20)7-16-23(21,22)14-9(2)18-19-10(14)3/h4-6,16H,7H2,1-3H3,(H,17,20)(H,18,19). The second-order valence-corrected chi connectivity index (χ2v) is 7.16. The van der Waals surface area contributed by atoms with Crippen LogP contribution in [0.3, 0.4) is 0 Å². The van der Waals surface area contributed by atoms with Gasteiger partial charge in [0.2, 0.25) is 15.9 Å². The monoisotopic (exact) mass is 356 g/mol. The maximum atomic E-state index is 12.2. The summed E-state index contributed by atoms with van der Waals surface area (Å²) in [7, 11) is -3.81. The third-order valence-electron chi connectivity index (χ3n) is 3.29. The van der Waals surface area contributed by atoms with Crippen LogP contribution in [0.15, 0.2) is 23.1 Å². The third-order valence-corrected chi connectivity index (χ3v) is 5.37. The molecule has 2 aromatic rings. The number of hydrogen-bond donors (Lipinski definition) is 3. The number of aryl methyl sites for hydroxylation is 2. The molecule has 1 aromatic heterocycles. The van der Waals surface area contributed by atoms with Crippen molar-refractivity contribution in [1.82, 2.24) is 14.9 Å². The summed E-state index contributed by atoms with van der Waals surface area (Å²) >= 11 is 5.98. The summed E-state index contributed by atoms with van der Waals surface area (Å²) in [6.45, 7) is 4.55. The van der Waals surface area contributed by atoms with E-state index in [-0.39, 0.29) is 4.90 Å². The normalized spacial score (nSPS) is 11.5. The lowest BCUT2D eigenvalue weighted by molar-refractivity contribution is -0.115. The number of sulfonamides is 1. The van der Waals surface area contributed by atoms with Crippen LogP contribution in [-0.4, -0.2) is 31.1 Å². The van der Waals surface area contributed by atoms with Crippen molar-refractivity contribution in [3.63, 3.8) is 0 Å². The summed E-state index contributed by atoms with van der Waals surface area (Å²) in [6, 6.07) is 5.10. The van der Waals surface area contributed by atoms with E-state index in [1.807, 2.05) is 0 Å². The molecular weight excluding hydrogens is 340 g/mol. The number of carbonyl (C=O) groups is 1. The fraction of sp³-hybridized carbons (Fsp3) is 0.286. The highest BCUT2D eigenvalue weighted by molar-refractivity contribution is 7.89. The summed E-state index contributed by atoms with van der Waals surface area (Å²) in [6.07, 6.45) is 0. The van der Waals surface area contributed by atoms with Gasteiger partial charge < -0.3 is 5.32 Å². The molecule has 1 heterocycles. The highest BCUT2D eigenvalue weighted by Gasteiger charge is 2.22. The number of benzene rings is 1. The zero-order valence-corrected chi connectivity index (χ0v) is 14.5. The average Bonchev–Trinajstić information content (AvgIpc) is 2.82. The van der Waals surface area contributed by atoms with Crippen molar-refractivity contribution in [2.45, 2.75) is 25.7 Å². The number of hydrogen-bond acceptors (Lipinski definition) is 4. The van der Waals surface area contributed by atoms with Gasteiger partial charge in [0, 0.05) is 10.7 Å². The molecule has 3 N–H and O–H groups in total. The minimum atomic E-state index is -3.81. The number of aromatic amines is 1. The van der Waals surface area contributed by atoms with Crippen molar-refractivity contribution in [2.24, 2.45) is 0 Å². The lowest BCUT2D eigenvalue weighted by Crippen LogP contribution is -2.33. The summed E-state index contributed by atoms with van der Waals surface area (Å²) in [5.74, 6) is -0.488. The second kappa shape index (κ2) is 6.69. The van der Waals surface area contributed by atoms with Gasteiger partial charge in [0.25, 0.3) is 0 Å². The minimum Gasteiger partial charge on any atom is -0.325 e. The SMILES string of the molecule is Cc1n[nH]c(C)c1S(=O)(=O)NCC(=O)Nc1cccc(Cl)c1C. The van der Waals surface area contributed by atoms with Gasteiger partial charge in [0.1, 0.15) is 4.90 Å². The van der Waals surface area contributed by atoms with Crippen molar-refractivity contribution in [1.29, 1.82) is 0 Å². The van der Waals surface area contributed by atoms with Gasteiger partial charge in [-0.15, -0.1) is 0 Å². The first-order chi connectivity index (χ1) is 10.7. The Bertz CT molecular complexity index is 826. The molecule has 0 radical (unpaired) electrons. The molecule has 0 aliphatic heterocycles. The van der Waals surface area contributed by atoms with Gasteiger partial charge in [-0.2, -0.15) is 5.10 Å². The van der Waals surface area contributed by atoms with Gasteiger partial charge >= 0.3 is 0 Å². The molecule has 0 atom stereocenters. The van der Waals surface area contributed by atoms with Crippen LogP contribution in [0.4, 0.5) is 5.69 Å². The van der Waals surface area contributed by atoms with E-state index in [0.29, 0.717) is 27.7 Å². The number of rotatable bonds is 5. The third kappa shape index (κ3) is 3.90. The van der Waals surface area contributed by atoms with Crippen LogP contribution in [0.1, 0.15) is 17.0 Å². The van der Waals surface area contributed by atoms with Gasteiger partial charge in [-0.3, -0.25) is 9.89 Å². The molecule has 1 aromatic carbocycles. The van der Waals surface area contributed by atoms with Gasteiger partial charge in [-0.1, -0.05) is 17.7 Å². The Labute approximate surface area is 139 Å². The Morgan fingerprint density at radius 2 is 2.00 bits per heavy atom. The summed E-state index contributed by atoms with van der Waals surface area (Å²) in [4.78, 5) is 12.0. The molecule has 0 aliphatic rings. The average molecular weight is 357 g/mol. The first-order valence-electron chi connectivity index (χ1n) is 6.78. The van der Waals surface area contributed by atoms with Gasteiger partial charge in [0.05, 0.1) is 17.9 Å². The number of amides is 1. The molecule has 124 valence electrons. The molecule has 0 fully saturated rings. The van der Waals surface area contributed by atoms with Crippen LogP contribution in [0.2, 0.25) is 5.02 Å². The topological polar surface area (TPSA) is 104 Å². The number of nitrogens with one attached hydrogen (secondary N) is 3. The van der Waals surface area contributed by atoms with E-state index in [0.717, 1.165) is 0 Å². The van der Waals surface area contributed by atoms with Crippen LogP contribution >= 0.6 is 11.6 Å². The Morgan fingerprint density at radius 1 is 1.30 bits per heavy atom. The molecule has 9 heteroatoms. The minimum absolute atomic E-state index is 0.0595. The Morgan fingerprint density at radius 3 is 2.61 bits per heavy atom. The highest BCUT2D eigenvalue weighted by atomic mass is 35.5. The zero-order valence-electron chi connectivity index (χ0n) is 12.9. The molecule has 0 saturated heterocycles. The largest absolute Gasteiger partial charge is 0.325 e. The van der Waals surface area contributed by atoms with Crippen molar-refractivity contribution in [3.05, 3.63) is 40.2 Å². The van der Waals surface area contributed by atoms with Crippen LogP contribution in [0, 0.1) is 20.8 Å². The number of halogens is 1. The Balaban J connectivity index is 2.06. The van der Waals surface area contributed by atoms with Gasteiger partial charge in [-0.25, -0.2) is 13.1 Å². The quantitative estimate of drug-likeness (QED) is 0.761. The van der Waals surface area contributed by atoms with Gasteiger partial charge in [-0.05, 0) is 38.5 Å². The van der Waals surface area contributed by atoms with E-state index in [1.165, 1.54) is 0 Å². The molecule has 0 bridgehead atoms. The van der Waals surface area contributed by atoms with Crippen LogP contribution in [0.25, 0.3) is 0 Å². The fourth-order valence-corrected chi connectivity index (χ4v) is 3.63. The molecule has 0 saturated carbocycles. The number of nitrogens with zero attached hydrogens (tertiary/aromatic N) is 1. The Hall–Kier alpha value is -1.90. The van der Waals surface area contributed by atoms with E-state index < -0.39 is 22.5 Å². The van der Waals surface area contributed by atoms with Crippen molar-refractivity contribution in [2.75, 3.05) is 11.9 Å². The lowest BCUT2D eigenvalue weighted by Gasteiger charge is -2.10. The lowest BCUT2D eigenvalue weighted by atomic mass is 10.2. The molecule has 7 nitrogen and oxygen atoms in total. The second-order valence-electron chi connectivity index (χ2n) is 5.05. The maximum absolute atomic E-state index is 12.2. The smallest absolute Gasteiger partial charge is 0.244 e. The fourth-order valence-electron chi connectivity index (χ4n) is 2.11. The molecule has 0 unspecified atom stereocenters. The summed E-state index contributed by atoms with van der Waals surface area (Å²) in [5.41, 5.74) is 2.02. The van der Waals surface area contributed by atoms with Crippen molar-refractivity contribution >= 4 is 33.2 Å². The predicted octanol–water partition coefficient (Wildman–Crippen LogP) is 1.91. The van der Waals surface area contributed by atoms with E-state index in [2.05, 4.69) is 20.2 Å². The highest BCUT2D eigenvalue weighted by Crippen LogP contribution is 2.22. The molecule has 23 heavy (non-hydrogen) atoms. The molecular formula is C14H17ClN4O3S.